The molecule has 0 aliphatic carbocycles. The summed E-state index contributed by atoms with van der Waals surface area (Å²) in [6.45, 7) is 6.75. The number of rotatable bonds is 5. The molecule has 8 heteroatoms. The maximum atomic E-state index is 12.0. The van der Waals surface area contributed by atoms with Gasteiger partial charge in [-0.05, 0) is 13.8 Å². The molecule has 23 heavy (non-hydrogen) atoms. The third-order valence-corrected chi connectivity index (χ3v) is 4.19. The van der Waals surface area contributed by atoms with Crippen LogP contribution in [0.15, 0.2) is 18.7 Å². The second-order valence-corrected chi connectivity index (χ2v) is 5.90. The van der Waals surface area contributed by atoms with Crippen LogP contribution < -0.4 is 5.32 Å². The van der Waals surface area contributed by atoms with E-state index in [4.69, 9.17) is 0 Å². The van der Waals surface area contributed by atoms with Crippen LogP contribution in [-0.2, 0) is 13.1 Å². The van der Waals surface area contributed by atoms with Crippen LogP contribution in [0.2, 0.25) is 0 Å². The number of likely N-dealkylation sites (tertiary alicyclic amines) is 1. The highest BCUT2D eigenvalue weighted by molar-refractivity contribution is 5.92. The fourth-order valence-corrected chi connectivity index (χ4v) is 2.88. The lowest BCUT2D eigenvalue weighted by Gasteiger charge is -2.16. The van der Waals surface area contributed by atoms with Crippen molar-refractivity contribution in [3.8, 4) is 0 Å². The van der Waals surface area contributed by atoms with Gasteiger partial charge in [-0.1, -0.05) is 0 Å². The van der Waals surface area contributed by atoms with E-state index in [0.717, 1.165) is 24.3 Å². The highest BCUT2D eigenvalue weighted by Gasteiger charge is 2.33. The number of β-amino-alcohol motifs (C(OH)–C–C–N with tert-alkyl or cyclic N) is 1. The van der Waals surface area contributed by atoms with Gasteiger partial charge in [0.2, 0.25) is 0 Å². The number of hydrogen-bond acceptors (Lipinski definition) is 5. The van der Waals surface area contributed by atoms with Crippen molar-refractivity contribution >= 4 is 5.91 Å². The fraction of sp³-hybridized carbons (Fsp3) is 0.533. The minimum Gasteiger partial charge on any atom is -0.390 e. The quantitative estimate of drug-likeness (QED) is 0.715. The Kier molecular flexibility index (Phi) is 4.44. The first-order valence-electron chi connectivity index (χ1n) is 7.79. The summed E-state index contributed by atoms with van der Waals surface area (Å²) >= 11 is 0. The van der Waals surface area contributed by atoms with Gasteiger partial charge in [0.05, 0.1) is 30.4 Å². The Morgan fingerprint density at radius 1 is 1.52 bits per heavy atom. The van der Waals surface area contributed by atoms with E-state index in [1.54, 1.807) is 0 Å². The number of imidazole rings is 1. The predicted molar refractivity (Wildman–Crippen MR) is 83.8 cm³/mol. The smallest absolute Gasteiger partial charge is 0.269 e. The van der Waals surface area contributed by atoms with Gasteiger partial charge in [-0.25, -0.2) is 4.98 Å². The van der Waals surface area contributed by atoms with Crippen LogP contribution >= 0.6 is 0 Å². The zero-order valence-corrected chi connectivity index (χ0v) is 13.4. The molecule has 0 unspecified atom stereocenters. The summed E-state index contributed by atoms with van der Waals surface area (Å²) < 4.78 is 1.91. The largest absolute Gasteiger partial charge is 0.390 e. The van der Waals surface area contributed by atoms with Crippen molar-refractivity contribution in [3.63, 3.8) is 0 Å². The normalized spacial score (nSPS) is 21.7. The Bertz CT molecular complexity index is 666. The number of aliphatic hydroxyl groups excluding tert-OH is 1. The summed E-state index contributed by atoms with van der Waals surface area (Å²) in [7, 11) is 0. The fourth-order valence-electron chi connectivity index (χ4n) is 2.88. The van der Waals surface area contributed by atoms with Crippen LogP contribution in [0.25, 0.3) is 0 Å². The van der Waals surface area contributed by atoms with E-state index in [1.165, 1.54) is 12.5 Å². The maximum absolute atomic E-state index is 12.0. The van der Waals surface area contributed by atoms with Crippen LogP contribution in [-0.4, -0.2) is 60.9 Å². The molecule has 124 valence electrons. The molecule has 3 heterocycles. The molecule has 1 aliphatic heterocycles. The first-order valence-corrected chi connectivity index (χ1v) is 7.79. The number of amides is 1. The third kappa shape index (κ3) is 3.43. The first kappa shape index (κ1) is 15.7. The molecule has 0 bridgehead atoms. The van der Waals surface area contributed by atoms with Gasteiger partial charge in [0.1, 0.15) is 5.69 Å². The molecule has 3 N–H and O–H groups in total. The van der Waals surface area contributed by atoms with Gasteiger partial charge in [0.25, 0.3) is 5.91 Å². The molecule has 2 atom stereocenters. The standard InChI is InChI=1S/C15H22N6O2/c1-3-21-6-11(10(2)19-21)5-20-7-13(14(22)8-20)18-15(23)12-4-16-9-17-12/h4,6,9,13-14,22H,3,5,7-8H2,1-2H3,(H,16,17)(H,18,23)/t13-,14-/m1/s1. The summed E-state index contributed by atoms with van der Waals surface area (Å²) in [6, 6.07) is -0.285. The molecule has 0 radical (unpaired) electrons. The number of aliphatic hydroxyl groups is 1. The molecule has 3 rings (SSSR count). The first-order chi connectivity index (χ1) is 11.1. The molecule has 1 amide bonds. The van der Waals surface area contributed by atoms with E-state index in [-0.39, 0.29) is 11.9 Å². The lowest BCUT2D eigenvalue weighted by Crippen LogP contribution is -2.42. The average Bonchev–Trinajstić information content (AvgIpc) is 3.22. The molecular weight excluding hydrogens is 296 g/mol. The SMILES string of the molecule is CCn1cc(CN2C[C@@H](O)[C@H](NC(=O)c3cnc[nH]3)C2)c(C)n1. The van der Waals surface area contributed by atoms with Crippen molar-refractivity contribution in [2.75, 3.05) is 13.1 Å². The number of hydrogen-bond donors (Lipinski definition) is 3. The monoisotopic (exact) mass is 318 g/mol. The van der Waals surface area contributed by atoms with Gasteiger partial charge in [-0.15, -0.1) is 0 Å². The van der Waals surface area contributed by atoms with E-state index < -0.39 is 6.10 Å². The zero-order valence-electron chi connectivity index (χ0n) is 13.4. The van der Waals surface area contributed by atoms with Gasteiger partial charge in [-0.3, -0.25) is 14.4 Å². The molecule has 0 saturated carbocycles. The Morgan fingerprint density at radius 2 is 2.35 bits per heavy atom. The predicted octanol–water partition coefficient (Wildman–Crippen LogP) is -0.0904. The highest BCUT2D eigenvalue weighted by Crippen LogP contribution is 2.16. The van der Waals surface area contributed by atoms with Gasteiger partial charge in [-0.2, -0.15) is 5.10 Å². The number of aryl methyl sites for hydroxylation is 2. The summed E-state index contributed by atoms with van der Waals surface area (Å²) in [5.41, 5.74) is 2.56. The molecule has 2 aromatic rings. The summed E-state index contributed by atoms with van der Waals surface area (Å²) in [6.07, 6.45) is 4.39. The number of nitrogens with one attached hydrogen (secondary N) is 2. The van der Waals surface area contributed by atoms with E-state index in [0.29, 0.717) is 18.8 Å². The number of carbonyl (C=O) groups excluding carboxylic acids is 1. The second-order valence-electron chi connectivity index (χ2n) is 5.90. The molecule has 1 aliphatic rings. The number of aromatic nitrogens is 4. The van der Waals surface area contributed by atoms with Crippen molar-refractivity contribution in [1.82, 2.24) is 30.0 Å². The van der Waals surface area contributed by atoms with Crippen molar-refractivity contribution in [3.05, 3.63) is 35.7 Å². The number of H-pyrrole nitrogens is 1. The molecular formula is C15H22N6O2. The third-order valence-electron chi connectivity index (χ3n) is 4.19. The molecule has 1 fully saturated rings. The van der Waals surface area contributed by atoms with E-state index in [1.807, 2.05) is 17.8 Å². The average molecular weight is 318 g/mol. The summed E-state index contributed by atoms with van der Waals surface area (Å²) in [4.78, 5) is 20.8. The van der Waals surface area contributed by atoms with E-state index in [2.05, 4.69) is 32.2 Å². The number of nitrogens with zero attached hydrogens (tertiary/aromatic N) is 4. The van der Waals surface area contributed by atoms with Crippen LogP contribution in [0.3, 0.4) is 0 Å². The molecule has 0 spiro atoms. The van der Waals surface area contributed by atoms with Crippen LogP contribution in [0.5, 0.6) is 0 Å². The summed E-state index contributed by atoms with van der Waals surface area (Å²) in [5, 5.41) is 17.5. The van der Waals surface area contributed by atoms with Gasteiger partial charge in [0.15, 0.2) is 0 Å². The minimum atomic E-state index is -0.580. The van der Waals surface area contributed by atoms with Crippen molar-refractivity contribution < 1.29 is 9.90 Å². The topological polar surface area (TPSA) is 99.1 Å². The molecule has 1 saturated heterocycles. The van der Waals surface area contributed by atoms with Gasteiger partial charge in [0, 0.05) is 37.9 Å². The molecule has 8 nitrogen and oxygen atoms in total. The lowest BCUT2D eigenvalue weighted by atomic mass is 10.2. The lowest BCUT2D eigenvalue weighted by molar-refractivity contribution is 0.0884. The van der Waals surface area contributed by atoms with Crippen LogP contribution in [0, 0.1) is 6.92 Å². The Balaban J connectivity index is 1.59. The Labute approximate surface area is 134 Å². The number of carbonyl (C=O) groups is 1. The molecule has 0 aromatic carbocycles. The second kappa shape index (κ2) is 6.51. The van der Waals surface area contributed by atoms with Crippen LogP contribution in [0.1, 0.15) is 28.7 Å². The van der Waals surface area contributed by atoms with E-state index in [9.17, 15) is 9.90 Å². The minimum absolute atomic E-state index is 0.247. The highest BCUT2D eigenvalue weighted by atomic mass is 16.3. The van der Waals surface area contributed by atoms with Crippen molar-refractivity contribution in [2.24, 2.45) is 0 Å². The summed E-state index contributed by atoms with van der Waals surface area (Å²) in [5.74, 6) is -0.247. The molecule has 2 aromatic heterocycles. The van der Waals surface area contributed by atoms with Crippen molar-refractivity contribution in [2.45, 2.75) is 39.1 Å². The zero-order chi connectivity index (χ0) is 16.4. The Hall–Kier alpha value is -2.19. The number of aromatic amines is 1. The van der Waals surface area contributed by atoms with Crippen LogP contribution in [0.4, 0.5) is 0 Å². The van der Waals surface area contributed by atoms with E-state index >= 15 is 0 Å². The van der Waals surface area contributed by atoms with Gasteiger partial charge < -0.3 is 15.4 Å². The maximum Gasteiger partial charge on any atom is 0.269 e. The Morgan fingerprint density at radius 3 is 3.00 bits per heavy atom. The van der Waals surface area contributed by atoms with Gasteiger partial charge >= 0.3 is 0 Å². The van der Waals surface area contributed by atoms with Crippen molar-refractivity contribution in [1.29, 1.82) is 0 Å².